The van der Waals surface area contributed by atoms with Gasteiger partial charge in [-0.05, 0) is 19.8 Å². The van der Waals surface area contributed by atoms with Gasteiger partial charge >= 0.3 is 0 Å². The summed E-state index contributed by atoms with van der Waals surface area (Å²) in [7, 11) is 0. The summed E-state index contributed by atoms with van der Waals surface area (Å²) in [5, 5.41) is 15.2. The Labute approximate surface area is 94.0 Å². The molecule has 1 atom stereocenters. The monoisotopic (exact) mass is 227 g/mol. The number of rotatable bonds is 5. The van der Waals surface area contributed by atoms with E-state index in [1.165, 1.54) is 0 Å². The van der Waals surface area contributed by atoms with E-state index in [-0.39, 0.29) is 18.3 Å². The number of carbonyl (C=O) groups excluding carboxylic acids is 1. The second-order valence-corrected chi connectivity index (χ2v) is 3.98. The molecule has 0 radical (unpaired) electrons. The van der Waals surface area contributed by atoms with Crippen LogP contribution in [-0.4, -0.2) is 33.3 Å². The van der Waals surface area contributed by atoms with Crippen LogP contribution in [0.5, 0.6) is 0 Å². The Bertz CT molecular complexity index is 364. The second-order valence-electron chi connectivity index (χ2n) is 3.98. The average Bonchev–Trinajstić information content (AvgIpc) is 2.65. The Morgan fingerprint density at radius 2 is 2.31 bits per heavy atom. The van der Waals surface area contributed by atoms with E-state index in [4.69, 9.17) is 9.63 Å². The molecule has 2 N–H and O–H groups in total. The SMILES string of the molecule is CCC(C)(CCO)NC(=O)c1noc(C)n1. The van der Waals surface area contributed by atoms with E-state index in [2.05, 4.69) is 15.5 Å². The van der Waals surface area contributed by atoms with Crippen molar-refractivity contribution in [2.24, 2.45) is 0 Å². The summed E-state index contributed by atoms with van der Waals surface area (Å²) < 4.78 is 4.72. The minimum Gasteiger partial charge on any atom is -0.396 e. The topological polar surface area (TPSA) is 88.2 Å². The number of amides is 1. The first kappa shape index (κ1) is 12.6. The molecule has 0 saturated carbocycles. The van der Waals surface area contributed by atoms with Crippen LogP contribution in [-0.2, 0) is 0 Å². The van der Waals surface area contributed by atoms with Crippen LogP contribution in [0.15, 0.2) is 4.52 Å². The van der Waals surface area contributed by atoms with Gasteiger partial charge < -0.3 is 14.9 Å². The van der Waals surface area contributed by atoms with Crippen molar-refractivity contribution in [1.82, 2.24) is 15.5 Å². The number of aromatic nitrogens is 2. The van der Waals surface area contributed by atoms with Crippen LogP contribution in [0.4, 0.5) is 0 Å². The minimum absolute atomic E-state index is 0.0233. The lowest BCUT2D eigenvalue weighted by Gasteiger charge is -2.28. The van der Waals surface area contributed by atoms with Gasteiger partial charge in [-0.3, -0.25) is 4.79 Å². The summed E-state index contributed by atoms with van der Waals surface area (Å²) >= 11 is 0. The maximum absolute atomic E-state index is 11.7. The zero-order valence-corrected chi connectivity index (χ0v) is 9.78. The van der Waals surface area contributed by atoms with E-state index >= 15 is 0 Å². The molecule has 0 aliphatic carbocycles. The number of nitrogens with one attached hydrogen (secondary N) is 1. The van der Waals surface area contributed by atoms with Gasteiger partial charge in [0.25, 0.3) is 11.7 Å². The van der Waals surface area contributed by atoms with Crippen molar-refractivity contribution >= 4 is 5.91 Å². The molecular formula is C10H17N3O3. The highest BCUT2D eigenvalue weighted by Gasteiger charge is 2.26. The van der Waals surface area contributed by atoms with Crippen LogP contribution >= 0.6 is 0 Å². The number of carbonyl (C=O) groups is 1. The summed E-state index contributed by atoms with van der Waals surface area (Å²) in [6, 6.07) is 0. The van der Waals surface area contributed by atoms with Gasteiger partial charge in [-0.1, -0.05) is 12.1 Å². The third-order valence-corrected chi connectivity index (χ3v) is 2.59. The van der Waals surface area contributed by atoms with Crippen molar-refractivity contribution in [2.45, 2.75) is 39.2 Å². The maximum Gasteiger partial charge on any atom is 0.293 e. The van der Waals surface area contributed by atoms with Gasteiger partial charge in [0, 0.05) is 19.1 Å². The zero-order chi connectivity index (χ0) is 12.2. The summed E-state index contributed by atoms with van der Waals surface area (Å²) in [4.78, 5) is 15.6. The standard InChI is InChI=1S/C10H17N3O3/c1-4-10(3,5-6-14)12-9(15)8-11-7(2)16-13-8/h14H,4-6H2,1-3H3,(H,12,15). The lowest BCUT2D eigenvalue weighted by atomic mass is 9.95. The average molecular weight is 227 g/mol. The molecule has 0 spiro atoms. The molecule has 90 valence electrons. The van der Waals surface area contributed by atoms with E-state index in [1.54, 1.807) is 6.92 Å². The zero-order valence-electron chi connectivity index (χ0n) is 9.78. The van der Waals surface area contributed by atoms with Gasteiger partial charge in [0.1, 0.15) is 0 Å². The lowest BCUT2D eigenvalue weighted by molar-refractivity contribution is 0.0872. The molecule has 0 aliphatic rings. The molecule has 0 aromatic carbocycles. The molecule has 1 unspecified atom stereocenters. The fourth-order valence-corrected chi connectivity index (χ4v) is 1.30. The predicted molar refractivity (Wildman–Crippen MR) is 56.9 cm³/mol. The molecular weight excluding hydrogens is 210 g/mol. The van der Waals surface area contributed by atoms with Crippen LogP contribution in [0.3, 0.4) is 0 Å². The number of hydrogen-bond donors (Lipinski definition) is 2. The maximum atomic E-state index is 11.7. The molecule has 0 bridgehead atoms. The Kier molecular flexibility index (Phi) is 4.00. The number of hydrogen-bond acceptors (Lipinski definition) is 5. The van der Waals surface area contributed by atoms with Crippen LogP contribution < -0.4 is 5.32 Å². The van der Waals surface area contributed by atoms with Crippen LogP contribution in [0, 0.1) is 6.92 Å². The highest BCUT2D eigenvalue weighted by Crippen LogP contribution is 2.14. The number of aliphatic hydroxyl groups is 1. The van der Waals surface area contributed by atoms with Crippen molar-refractivity contribution in [3.8, 4) is 0 Å². The molecule has 6 heteroatoms. The third-order valence-electron chi connectivity index (χ3n) is 2.59. The van der Waals surface area contributed by atoms with Crippen molar-refractivity contribution in [1.29, 1.82) is 0 Å². The Morgan fingerprint density at radius 3 is 2.75 bits per heavy atom. The van der Waals surface area contributed by atoms with E-state index in [1.807, 2.05) is 13.8 Å². The molecule has 1 aromatic rings. The van der Waals surface area contributed by atoms with Crippen LogP contribution in [0.2, 0.25) is 0 Å². The highest BCUT2D eigenvalue weighted by atomic mass is 16.5. The van der Waals surface area contributed by atoms with Gasteiger partial charge in [-0.15, -0.1) is 0 Å². The van der Waals surface area contributed by atoms with Crippen molar-refractivity contribution in [3.63, 3.8) is 0 Å². The molecule has 1 aromatic heterocycles. The van der Waals surface area contributed by atoms with E-state index < -0.39 is 5.54 Å². The first-order valence-electron chi connectivity index (χ1n) is 5.24. The normalized spacial score (nSPS) is 14.5. The van der Waals surface area contributed by atoms with Crippen LogP contribution in [0.1, 0.15) is 43.2 Å². The van der Waals surface area contributed by atoms with Gasteiger partial charge in [0.05, 0.1) is 0 Å². The number of aryl methyl sites for hydroxylation is 1. The smallest absolute Gasteiger partial charge is 0.293 e. The molecule has 1 amide bonds. The van der Waals surface area contributed by atoms with E-state index in [0.29, 0.717) is 12.3 Å². The van der Waals surface area contributed by atoms with E-state index in [0.717, 1.165) is 6.42 Å². The molecule has 6 nitrogen and oxygen atoms in total. The van der Waals surface area contributed by atoms with Gasteiger partial charge in [-0.25, -0.2) is 0 Å². The molecule has 1 heterocycles. The van der Waals surface area contributed by atoms with Crippen molar-refractivity contribution in [3.05, 3.63) is 11.7 Å². The summed E-state index contributed by atoms with van der Waals surface area (Å²) in [6.45, 7) is 5.46. The summed E-state index contributed by atoms with van der Waals surface area (Å²) in [6.07, 6.45) is 1.21. The fraction of sp³-hybridized carbons (Fsp3) is 0.700. The molecule has 0 fully saturated rings. The predicted octanol–water partition coefficient (Wildman–Crippen LogP) is 0.659. The second kappa shape index (κ2) is 5.07. The third kappa shape index (κ3) is 3.03. The minimum atomic E-state index is -0.444. The quantitative estimate of drug-likeness (QED) is 0.771. The first-order chi connectivity index (χ1) is 7.50. The van der Waals surface area contributed by atoms with Crippen molar-refractivity contribution in [2.75, 3.05) is 6.61 Å². The Balaban J connectivity index is 2.69. The fourth-order valence-electron chi connectivity index (χ4n) is 1.30. The molecule has 16 heavy (non-hydrogen) atoms. The van der Waals surface area contributed by atoms with Crippen molar-refractivity contribution < 1.29 is 14.4 Å². The van der Waals surface area contributed by atoms with E-state index in [9.17, 15) is 4.79 Å². The number of nitrogens with zero attached hydrogens (tertiary/aromatic N) is 2. The molecule has 0 aliphatic heterocycles. The van der Waals surface area contributed by atoms with Gasteiger partial charge in [0.15, 0.2) is 0 Å². The van der Waals surface area contributed by atoms with Gasteiger partial charge in [-0.2, -0.15) is 4.98 Å². The largest absolute Gasteiger partial charge is 0.396 e. The highest BCUT2D eigenvalue weighted by molar-refractivity contribution is 5.90. The summed E-state index contributed by atoms with van der Waals surface area (Å²) in [5.74, 6) is -0.00438. The molecule has 1 rings (SSSR count). The lowest BCUT2D eigenvalue weighted by Crippen LogP contribution is -2.46. The Hall–Kier alpha value is -1.43. The Morgan fingerprint density at radius 1 is 1.62 bits per heavy atom. The van der Waals surface area contributed by atoms with Crippen LogP contribution in [0.25, 0.3) is 0 Å². The number of aliphatic hydroxyl groups excluding tert-OH is 1. The summed E-state index contributed by atoms with van der Waals surface area (Å²) in [5.41, 5.74) is -0.444. The van der Waals surface area contributed by atoms with Gasteiger partial charge in [0.2, 0.25) is 5.89 Å². The molecule has 0 saturated heterocycles. The first-order valence-corrected chi connectivity index (χ1v) is 5.24.